The topological polar surface area (TPSA) is 83.1 Å². The lowest BCUT2D eigenvalue weighted by atomic mass is 10.2. The van der Waals surface area contributed by atoms with Crippen LogP contribution >= 0.6 is 0 Å². The summed E-state index contributed by atoms with van der Waals surface area (Å²) in [5, 5.41) is 0. The van der Waals surface area contributed by atoms with Crippen molar-refractivity contribution in [3.05, 3.63) is 42.0 Å². The quantitative estimate of drug-likeness (QED) is 0.719. The molecule has 0 aliphatic rings. The number of sulfonamides is 1. The smallest absolute Gasteiger partial charge is 0.241 e. The van der Waals surface area contributed by atoms with Crippen molar-refractivity contribution in [2.75, 3.05) is 27.9 Å². The fraction of sp³-hybridized carbons (Fsp3) is 0.333. The van der Waals surface area contributed by atoms with Crippen LogP contribution in [0.5, 0.6) is 23.0 Å². The van der Waals surface area contributed by atoms with Crippen LogP contribution in [0.4, 0.5) is 0 Å². The second-order valence-electron chi connectivity index (χ2n) is 5.26. The van der Waals surface area contributed by atoms with Crippen LogP contribution in [0.15, 0.2) is 41.3 Å². The third-order valence-electron chi connectivity index (χ3n) is 3.66. The van der Waals surface area contributed by atoms with Gasteiger partial charge in [-0.2, -0.15) is 0 Å². The van der Waals surface area contributed by atoms with Crippen molar-refractivity contribution in [3.8, 4) is 23.0 Å². The molecule has 0 saturated heterocycles. The molecule has 0 radical (unpaired) electrons. The van der Waals surface area contributed by atoms with Gasteiger partial charge in [0.15, 0.2) is 23.0 Å². The standard InChI is InChI=1S/C18H23NO6S/c1-5-25-18-10-13(6-8-16(18)23-3)12-19-26(20,21)14-7-9-15(22-2)17(11-14)24-4/h6-11,19H,5,12H2,1-4H3. The van der Waals surface area contributed by atoms with Gasteiger partial charge in [0, 0.05) is 12.6 Å². The summed E-state index contributed by atoms with van der Waals surface area (Å²) < 4.78 is 48.7. The van der Waals surface area contributed by atoms with Crippen LogP contribution in [0.3, 0.4) is 0 Å². The van der Waals surface area contributed by atoms with E-state index < -0.39 is 10.0 Å². The van der Waals surface area contributed by atoms with Crippen molar-refractivity contribution < 1.29 is 27.4 Å². The van der Waals surface area contributed by atoms with E-state index in [0.29, 0.717) is 29.6 Å². The average Bonchev–Trinajstić information content (AvgIpc) is 2.66. The molecule has 2 aromatic rings. The van der Waals surface area contributed by atoms with Gasteiger partial charge in [-0.15, -0.1) is 0 Å². The monoisotopic (exact) mass is 381 g/mol. The molecular weight excluding hydrogens is 358 g/mol. The van der Waals surface area contributed by atoms with E-state index in [-0.39, 0.29) is 11.4 Å². The number of hydrogen-bond acceptors (Lipinski definition) is 6. The van der Waals surface area contributed by atoms with Crippen LogP contribution in [-0.4, -0.2) is 36.4 Å². The fourth-order valence-corrected chi connectivity index (χ4v) is 3.38. The molecule has 1 N–H and O–H groups in total. The summed E-state index contributed by atoms with van der Waals surface area (Å²) in [5.74, 6) is 1.97. The van der Waals surface area contributed by atoms with E-state index in [1.807, 2.05) is 6.92 Å². The molecule has 0 amide bonds. The molecule has 7 nitrogen and oxygen atoms in total. The van der Waals surface area contributed by atoms with Crippen molar-refractivity contribution >= 4 is 10.0 Å². The van der Waals surface area contributed by atoms with Crippen molar-refractivity contribution in [2.24, 2.45) is 0 Å². The summed E-state index contributed by atoms with van der Waals surface area (Å²) >= 11 is 0. The first-order valence-electron chi connectivity index (χ1n) is 7.96. The predicted octanol–water partition coefficient (Wildman–Crippen LogP) is 2.59. The second-order valence-corrected chi connectivity index (χ2v) is 7.03. The maximum atomic E-state index is 12.5. The molecule has 0 aliphatic heterocycles. The minimum atomic E-state index is -3.71. The first-order chi connectivity index (χ1) is 12.4. The molecule has 0 atom stereocenters. The van der Waals surface area contributed by atoms with Crippen molar-refractivity contribution in [1.82, 2.24) is 4.72 Å². The molecule has 26 heavy (non-hydrogen) atoms. The fourth-order valence-electron chi connectivity index (χ4n) is 2.34. The summed E-state index contributed by atoms with van der Waals surface area (Å²) in [4.78, 5) is 0.0914. The molecule has 2 rings (SSSR count). The van der Waals surface area contributed by atoms with Crippen LogP contribution in [0.25, 0.3) is 0 Å². The number of rotatable bonds is 9. The van der Waals surface area contributed by atoms with Crippen LogP contribution in [0, 0.1) is 0 Å². The molecule has 0 heterocycles. The normalized spacial score (nSPS) is 11.1. The Hall–Kier alpha value is -2.45. The Balaban J connectivity index is 2.19. The predicted molar refractivity (Wildman–Crippen MR) is 97.7 cm³/mol. The molecule has 0 spiro atoms. The Bertz CT molecular complexity index is 851. The van der Waals surface area contributed by atoms with Crippen molar-refractivity contribution in [1.29, 1.82) is 0 Å². The van der Waals surface area contributed by atoms with E-state index in [1.54, 1.807) is 31.4 Å². The Kier molecular flexibility index (Phi) is 6.70. The lowest BCUT2D eigenvalue weighted by Gasteiger charge is -2.13. The maximum absolute atomic E-state index is 12.5. The summed E-state index contributed by atoms with van der Waals surface area (Å²) in [6, 6.07) is 9.70. The van der Waals surface area contributed by atoms with Gasteiger partial charge in [0.25, 0.3) is 0 Å². The molecule has 0 saturated carbocycles. The average molecular weight is 381 g/mol. The highest BCUT2D eigenvalue weighted by Crippen LogP contribution is 2.30. The highest BCUT2D eigenvalue weighted by Gasteiger charge is 2.17. The molecule has 2 aromatic carbocycles. The molecule has 0 bridgehead atoms. The van der Waals surface area contributed by atoms with Gasteiger partial charge in [-0.1, -0.05) is 6.07 Å². The largest absolute Gasteiger partial charge is 0.493 e. The van der Waals surface area contributed by atoms with Crippen LogP contribution < -0.4 is 23.7 Å². The molecule has 0 fully saturated rings. The van der Waals surface area contributed by atoms with Gasteiger partial charge in [-0.25, -0.2) is 13.1 Å². The SMILES string of the molecule is CCOc1cc(CNS(=O)(=O)c2ccc(OC)c(OC)c2)ccc1OC. The van der Waals surface area contributed by atoms with E-state index in [4.69, 9.17) is 18.9 Å². The zero-order valence-electron chi connectivity index (χ0n) is 15.2. The van der Waals surface area contributed by atoms with E-state index in [0.717, 1.165) is 5.56 Å². The lowest BCUT2D eigenvalue weighted by molar-refractivity contribution is 0.310. The Morgan fingerprint density at radius 2 is 1.46 bits per heavy atom. The summed E-state index contributed by atoms with van der Waals surface area (Å²) in [7, 11) is 0.781. The Morgan fingerprint density at radius 3 is 2.08 bits per heavy atom. The van der Waals surface area contributed by atoms with Crippen LogP contribution in [-0.2, 0) is 16.6 Å². The first-order valence-corrected chi connectivity index (χ1v) is 9.44. The molecule has 0 unspecified atom stereocenters. The van der Waals surface area contributed by atoms with Crippen molar-refractivity contribution in [2.45, 2.75) is 18.4 Å². The molecule has 0 aliphatic carbocycles. The highest BCUT2D eigenvalue weighted by atomic mass is 32.2. The van der Waals surface area contributed by atoms with Gasteiger partial charge in [0.1, 0.15) is 0 Å². The molecule has 8 heteroatoms. The van der Waals surface area contributed by atoms with Gasteiger partial charge in [-0.05, 0) is 36.8 Å². The minimum absolute atomic E-state index is 0.0914. The van der Waals surface area contributed by atoms with E-state index >= 15 is 0 Å². The van der Waals surface area contributed by atoms with E-state index in [1.165, 1.54) is 26.4 Å². The van der Waals surface area contributed by atoms with E-state index in [9.17, 15) is 8.42 Å². The van der Waals surface area contributed by atoms with Crippen molar-refractivity contribution in [3.63, 3.8) is 0 Å². The minimum Gasteiger partial charge on any atom is -0.493 e. The molecule has 142 valence electrons. The van der Waals surface area contributed by atoms with Gasteiger partial charge >= 0.3 is 0 Å². The number of nitrogens with one attached hydrogen (secondary N) is 1. The third kappa shape index (κ3) is 4.59. The summed E-state index contributed by atoms with van der Waals surface area (Å²) in [6.45, 7) is 2.46. The van der Waals surface area contributed by atoms with Crippen LogP contribution in [0.1, 0.15) is 12.5 Å². The van der Waals surface area contributed by atoms with Gasteiger partial charge < -0.3 is 18.9 Å². The zero-order chi connectivity index (χ0) is 19.2. The third-order valence-corrected chi connectivity index (χ3v) is 5.06. The molecular formula is C18H23NO6S. The number of benzene rings is 2. The highest BCUT2D eigenvalue weighted by molar-refractivity contribution is 7.89. The second kappa shape index (κ2) is 8.77. The van der Waals surface area contributed by atoms with Gasteiger partial charge in [0.05, 0.1) is 32.8 Å². The van der Waals surface area contributed by atoms with Gasteiger partial charge in [-0.3, -0.25) is 0 Å². The Morgan fingerprint density at radius 1 is 0.846 bits per heavy atom. The van der Waals surface area contributed by atoms with Crippen LogP contribution in [0.2, 0.25) is 0 Å². The summed E-state index contributed by atoms with van der Waals surface area (Å²) in [6.07, 6.45) is 0. The number of hydrogen-bond donors (Lipinski definition) is 1. The molecule has 0 aromatic heterocycles. The van der Waals surface area contributed by atoms with E-state index in [2.05, 4.69) is 4.72 Å². The first kappa shape index (κ1) is 19.9. The van der Waals surface area contributed by atoms with Gasteiger partial charge in [0.2, 0.25) is 10.0 Å². The number of methoxy groups -OCH3 is 3. The zero-order valence-corrected chi connectivity index (χ0v) is 16.1. The maximum Gasteiger partial charge on any atom is 0.241 e. The lowest BCUT2D eigenvalue weighted by Crippen LogP contribution is -2.23. The summed E-state index contributed by atoms with van der Waals surface area (Å²) in [5.41, 5.74) is 0.748. The Labute approximate surface area is 153 Å². The number of ether oxygens (including phenoxy) is 4.